The van der Waals surface area contributed by atoms with Crippen LogP contribution in [0.2, 0.25) is 5.15 Å². The Kier molecular flexibility index (Phi) is 5.84. The van der Waals surface area contributed by atoms with Crippen molar-refractivity contribution in [3.8, 4) is 0 Å². The molecule has 2 N–H and O–H groups in total. The average Bonchev–Trinajstić information content (AvgIpc) is 2.33. The number of aromatic nitrogens is 1. The molecule has 0 fully saturated rings. The molecule has 0 amide bonds. The van der Waals surface area contributed by atoms with Gasteiger partial charge in [0.25, 0.3) is 0 Å². The first-order chi connectivity index (χ1) is 8.95. The summed E-state index contributed by atoms with van der Waals surface area (Å²) in [5.74, 6) is -0.616. The molecule has 1 unspecified atom stereocenters. The van der Waals surface area contributed by atoms with Crippen molar-refractivity contribution in [3.05, 3.63) is 27.4 Å². The Morgan fingerprint density at radius 3 is 2.89 bits per heavy atom. The third-order valence-corrected chi connectivity index (χ3v) is 3.11. The zero-order chi connectivity index (χ0) is 14.4. The number of carboxylic acid groups (broad SMARTS) is 1. The number of halogens is 1. The molecular weight excluding hydrogens is 294 g/mol. The van der Waals surface area contributed by atoms with Gasteiger partial charge in [0.15, 0.2) is 0 Å². The summed E-state index contributed by atoms with van der Waals surface area (Å²) in [7, 11) is 0. The lowest BCUT2D eigenvalue weighted by Gasteiger charge is -2.14. The van der Waals surface area contributed by atoms with Crippen LogP contribution in [0.3, 0.4) is 0 Å². The number of nitro groups is 1. The molecule has 0 aliphatic heterocycles. The summed E-state index contributed by atoms with van der Waals surface area (Å²) in [5.41, 5.74) is -0.306. The molecule has 0 spiro atoms. The molecular formula is C10H12ClN3O4S. The second-order valence-electron chi connectivity index (χ2n) is 3.58. The first-order valence-corrected chi connectivity index (χ1v) is 7.02. The van der Waals surface area contributed by atoms with Crippen molar-refractivity contribution in [2.45, 2.75) is 12.5 Å². The van der Waals surface area contributed by atoms with Crippen LogP contribution in [0.1, 0.15) is 6.42 Å². The second kappa shape index (κ2) is 7.15. The molecule has 0 radical (unpaired) electrons. The molecule has 0 saturated heterocycles. The predicted molar refractivity (Wildman–Crippen MR) is 73.9 cm³/mol. The van der Waals surface area contributed by atoms with Crippen molar-refractivity contribution in [2.75, 3.05) is 17.3 Å². The van der Waals surface area contributed by atoms with E-state index in [-0.39, 0.29) is 16.7 Å². The number of hydrogen-bond donors (Lipinski definition) is 2. The maximum atomic E-state index is 11.1. The third kappa shape index (κ3) is 4.56. The number of carboxylic acids is 1. The van der Waals surface area contributed by atoms with Crippen LogP contribution in [-0.2, 0) is 4.79 Å². The summed E-state index contributed by atoms with van der Waals surface area (Å²) >= 11 is 7.15. The van der Waals surface area contributed by atoms with Crippen molar-refractivity contribution < 1.29 is 14.8 Å². The van der Waals surface area contributed by atoms with E-state index in [1.54, 1.807) is 0 Å². The van der Waals surface area contributed by atoms with Gasteiger partial charge >= 0.3 is 11.7 Å². The Bertz CT molecular complexity index is 486. The van der Waals surface area contributed by atoms with Crippen LogP contribution >= 0.6 is 23.4 Å². The van der Waals surface area contributed by atoms with Gasteiger partial charge in [-0.15, -0.1) is 0 Å². The number of nitrogens with zero attached hydrogens (tertiary/aromatic N) is 2. The second-order valence-corrected chi connectivity index (χ2v) is 4.95. The number of hydrogen-bond acceptors (Lipinski definition) is 6. The van der Waals surface area contributed by atoms with E-state index in [0.717, 1.165) is 0 Å². The van der Waals surface area contributed by atoms with E-state index in [2.05, 4.69) is 10.3 Å². The highest BCUT2D eigenvalue weighted by Crippen LogP contribution is 2.25. The SMILES string of the molecule is CSCCC(Nc1nc(Cl)ccc1[N+](=O)[O-])C(=O)O. The Morgan fingerprint density at radius 2 is 2.37 bits per heavy atom. The normalized spacial score (nSPS) is 11.9. The fraction of sp³-hybridized carbons (Fsp3) is 0.400. The fourth-order valence-electron chi connectivity index (χ4n) is 1.34. The van der Waals surface area contributed by atoms with Gasteiger partial charge in [0.2, 0.25) is 5.82 Å². The van der Waals surface area contributed by atoms with E-state index in [1.807, 2.05) is 6.26 Å². The quantitative estimate of drug-likeness (QED) is 0.452. The summed E-state index contributed by atoms with van der Waals surface area (Å²) in [6.07, 6.45) is 2.17. The molecule has 1 atom stereocenters. The van der Waals surface area contributed by atoms with Crippen LogP contribution < -0.4 is 5.32 Å². The summed E-state index contributed by atoms with van der Waals surface area (Å²) < 4.78 is 0. The van der Waals surface area contributed by atoms with Gasteiger partial charge in [-0.2, -0.15) is 11.8 Å². The summed E-state index contributed by atoms with van der Waals surface area (Å²) in [5, 5.41) is 22.5. The minimum Gasteiger partial charge on any atom is -0.480 e. The smallest absolute Gasteiger partial charge is 0.326 e. The molecule has 0 aliphatic rings. The topological polar surface area (TPSA) is 105 Å². The Hall–Kier alpha value is -1.54. The Morgan fingerprint density at radius 1 is 1.68 bits per heavy atom. The number of pyridine rings is 1. The van der Waals surface area contributed by atoms with Crippen LogP contribution in [0.4, 0.5) is 11.5 Å². The lowest BCUT2D eigenvalue weighted by Crippen LogP contribution is -2.30. The van der Waals surface area contributed by atoms with E-state index in [9.17, 15) is 14.9 Å². The minimum atomic E-state index is -1.09. The molecule has 19 heavy (non-hydrogen) atoms. The number of aliphatic carboxylic acids is 1. The molecule has 1 heterocycles. The number of nitrogens with one attached hydrogen (secondary N) is 1. The van der Waals surface area contributed by atoms with Crippen molar-refractivity contribution in [1.29, 1.82) is 0 Å². The zero-order valence-electron chi connectivity index (χ0n) is 10.00. The number of rotatable bonds is 7. The maximum absolute atomic E-state index is 11.1. The summed E-state index contributed by atoms with van der Waals surface area (Å²) in [6, 6.07) is 1.52. The first kappa shape index (κ1) is 15.5. The number of anilines is 1. The monoisotopic (exact) mass is 305 g/mol. The Balaban J connectivity index is 2.97. The number of carbonyl (C=O) groups is 1. The standard InChI is InChI=1S/C10H12ClN3O4S/c1-19-5-4-6(10(15)16)12-9-7(14(17)18)2-3-8(11)13-9/h2-3,6H,4-5H2,1H3,(H,12,13)(H,15,16). The fourth-order valence-corrected chi connectivity index (χ4v) is 1.96. The van der Waals surface area contributed by atoms with Crippen LogP contribution in [0, 0.1) is 10.1 Å². The van der Waals surface area contributed by atoms with Gasteiger partial charge in [-0.25, -0.2) is 9.78 Å². The van der Waals surface area contributed by atoms with Crippen LogP contribution in [-0.4, -0.2) is 39.0 Å². The van der Waals surface area contributed by atoms with Crippen molar-refractivity contribution in [1.82, 2.24) is 4.98 Å². The Labute approximate surface area is 118 Å². The van der Waals surface area contributed by atoms with Gasteiger partial charge in [-0.05, 0) is 24.5 Å². The van der Waals surface area contributed by atoms with Crippen molar-refractivity contribution >= 4 is 40.8 Å². The lowest BCUT2D eigenvalue weighted by molar-refractivity contribution is -0.384. The van der Waals surface area contributed by atoms with E-state index in [0.29, 0.717) is 12.2 Å². The molecule has 0 aromatic carbocycles. The number of thioether (sulfide) groups is 1. The first-order valence-electron chi connectivity index (χ1n) is 5.25. The summed E-state index contributed by atoms with van der Waals surface area (Å²) in [4.78, 5) is 25.0. The molecule has 9 heteroatoms. The van der Waals surface area contributed by atoms with Gasteiger partial charge in [0, 0.05) is 6.07 Å². The van der Waals surface area contributed by atoms with E-state index in [1.165, 1.54) is 23.9 Å². The molecule has 1 aromatic rings. The van der Waals surface area contributed by atoms with E-state index < -0.39 is 16.9 Å². The maximum Gasteiger partial charge on any atom is 0.326 e. The highest BCUT2D eigenvalue weighted by molar-refractivity contribution is 7.98. The molecule has 0 bridgehead atoms. The largest absolute Gasteiger partial charge is 0.480 e. The molecule has 0 saturated carbocycles. The molecule has 1 aromatic heterocycles. The van der Waals surface area contributed by atoms with Crippen LogP contribution in [0.5, 0.6) is 0 Å². The highest BCUT2D eigenvalue weighted by atomic mass is 35.5. The van der Waals surface area contributed by atoms with Crippen molar-refractivity contribution in [3.63, 3.8) is 0 Å². The predicted octanol–water partition coefficient (Wildman–Crippen LogP) is 2.26. The van der Waals surface area contributed by atoms with Gasteiger partial charge in [-0.3, -0.25) is 10.1 Å². The highest BCUT2D eigenvalue weighted by Gasteiger charge is 2.23. The van der Waals surface area contributed by atoms with Gasteiger partial charge < -0.3 is 10.4 Å². The minimum absolute atomic E-state index is 0.0575. The average molecular weight is 306 g/mol. The molecule has 104 valence electrons. The van der Waals surface area contributed by atoms with Gasteiger partial charge in [-0.1, -0.05) is 11.6 Å². The molecule has 1 rings (SSSR count). The van der Waals surface area contributed by atoms with Crippen LogP contribution in [0.25, 0.3) is 0 Å². The third-order valence-electron chi connectivity index (χ3n) is 2.26. The molecule has 0 aliphatic carbocycles. The van der Waals surface area contributed by atoms with Gasteiger partial charge in [0.05, 0.1) is 4.92 Å². The lowest BCUT2D eigenvalue weighted by atomic mass is 10.2. The van der Waals surface area contributed by atoms with Crippen molar-refractivity contribution in [2.24, 2.45) is 0 Å². The van der Waals surface area contributed by atoms with Gasteiger partial charge in [0.1, 0.15) is 11.2 Å². The van der Waals surface area contributed by atoms with E-state index in [4.69, 9.17) is 16.7 Å². The van der Waals surface area contributed by atoms with Crippen LogP contribution in [0.15, 0.2) is 12.1 Å². The van der Waals surface area contributed by atoms with E-state index >= 15 is 0 Å². The summed E-state index contributed by atoms with van der Waals surface area (Å²) in [6.45, 7) is 0. The molecule has 7 nitrogen and oxygen atoms in total. The zero-order valence-corrected chi connectivity index (χ0v) is 11.6.